The van der Waals surface area contributed by atoms with Crippen LogP contribution in [0.4, 0.5) is 5.82 Å². The van der Waals surface area contributed by atoms with Gasteiger partial charge in [-0.2, -0.15) is 0 Å². The third-order valence-corrected chi connectivity index (χ3v) is 2.69. The van der Waals surface area contributed by atoms with Gasteiger partial charge in [0.1, 0.15) is 5.82 Å². The van der Waals surface area contributed by atoms with Crippen molar-refractivity contribution in [2.75, 3.05) is 46.3 Å². The van der Waals surface area contributed by atoms with Gasteiger partial charge in [0.2, 0.25) is 0 Å². The van der Waals surface area contributed by atoms with E-state index in [0.29, 0.717) is 5.82 Å². The molecule has 0 unspecified atom stereocenters. The molecule has 0 fully saturated rings. The summed E-state index contributed by atoms with van der Waals surface area (Å²) in [7, 11) is 3.45. The topological polar surface area (TPSA) is 60.6 Å². The van der Waals surface area contributed by atoms with Gasteiger partial charge in [-0.15, -0.1) is 0 Å². The van der Waals surface area contributed by atoms with Gasteiger partial charge in [0, 0.05) is 46.7 Å². The first-order chi connectivity index (χ1) is 8.76. The average Bonchev–Trinajstić information content (AvgIpc) is 2.38. The van der Waals surface area contributed by atoms with Crippen molar-refractivity contribution in [2.45, 2.75) is 13.0 Å². The van der Waals surface area contributed by atoms with Crippen molar-refractivity contribution in [3.63, 3.8) is 0 Å². The molecule has 18 heavy (non-hydrogen) atoms. The fourth-order valence-corrected chi connectivity index (χ4v) is 1.71. The molecule has 0 aliphatic rings. The molecule has 0 aliphatic carbocycles. The van der Waals surface area contributed by atoms with E-state index < -0.39 is 0 Å². The smallest absolute Gasteiger partial charge is 0.123 e. The number of nitrogen functional groups attached to an aromatic ring is 1. The maximum absolute atomic E-state index is 5.57. The summed E-state index contributed by atoms with van der Waals surface area (Å²) in [6, 6.07) is 3.84. The summed E-state index contributed by atoms with van der Waals surface area (Å²) >= 11 is 0. The van der Waals surface area contributed by atoms with Gasteiger partial charge >= 0.3 is 0 Å². The summed E-state index contributed by atoms with van der Waals surface area (Å²) in [5.74, 6) is 0.557. The summed E-state index contributed by atoms with van der Waals surface area (Å²) in [6.45, 7) is 4.27. The zero-order valence-corrected chi connectivity index (χ0v) is 11.3. The number of pyridine rings is 1. The lowest BCUT2D eigenvalue weighted by atomic mass is 10.2. The maximum atomic E-state index is 5.57. The Morgan fingerprint density at radius 1 is 1.17 bits per heavy atom. The quantitative estimate of drug-likeness (QED) is 0.669. The Bertz CT molecular complexity index is 317. The number of anilines is 1. The molecule has 1 aromatic rings. The molecule has 0 bridgehead atoms. The highest BCUT2D eigenvalue weighted by atomic mass is 16.5. The molecule has 0 amide bonds. The number of hydrogen-bond acceptors (Lipinski definition) is 5. The van der Waals surface area contributed by atoms with Crippen molar-refractivity contribution in [2.24, 2.45) is 0 Å². The van der Waals surface area contributed by atoms with Crippen LogP contribution in [0.15, 0.2) is 18.3 Å². The number of nitrogens with two attached hydrogens (primary N) is 1. The van der Waals surface area contributed by atoms with Crippen molar-refractivity contribution in [3.8, 4) is 0 Å². The second kappa shape index (κ2) is 8.85. The molecule has 2 N–H and O–H groups in total. The SMILES string of the molecule is COCCCN(CCOC)Cc1ccc(N)nc1. The van der Waals surface area contributed by atoms with Gasteiger partial charge < -0.3 is 15.2 Å². The Kier molecular flexibility index (Phi) is 7.32. The van der Waals surface area contributed by atoms with Gasteiger partial charge in [0.05, 0.1) is 6.61 Å². The Balaban J connectivity index is 2.45. The fraction of sp³-hybridized carbons (Fsp3) is 0.615. The van der Waals surface area contributed by atoms with Crippen LogP contribution >= 0.6 is 0 Å². The second-order valence-electron chi connectivity index (χ2n) is 4.21. The summed E-state index contributed by atoms with van der Waals surface area (Å²) < 4.78 is 10.2. The highest BCUT2D eigenvalue weighted by Crippen LogP contribution is 2.06. The van der Waals surface area contributed by atoms with Crippen LogP contribution in [0.2, 0.25) is 0 Å². The molecule has 102 valence electrons. The highest BCUT2D eigenvalue weighted by molar-refractivity contribution is 5.29. The predicted molar refractivity (Wildman–Crippen MR) is 72.3 cm³/mol. The number of aromatic nitrogens is 1. The first-order valence-corrected chi connectivity index (χ1v) is 6.17. The molecule has 0 spiro atoms. The maximum Gasteiger partial charge on any atom is 0.123 e. The zero-order valence-electron chi connectivity index (χ0n) is 11.3. The minimum Gasteiger partial charge on any atom is -0.385 e. The predicted octanol–water partition coefficient (Wildman–Crippen LogP) is 1.15. The third kappa shape index (κ3) is 5.95. The Morgan fingerprint density at radius 2 is 1.94 bits per heavy atom. The van der Waals surface area contributed by atoms with E-state index in [4.69, 9.17) is 15.2 Å². The standard InChI is InChI=1S/C13H23N3O2/c1-17-8-3-6-16(7-9-18-2)11-12-4-5-13(14)15-10-12/h4-5,10H,3,6-9,11H2,1-2H3,(H2,14,15). The lowest BCUT2D eigenvalue weighted by Gasteiger charge is -2.21. The largest absolute Gasteiger partial charge is 0.385 e. The van der Waals surface area contributed by atoms with Gasteiger partial charge in [-0.05, 0) is 18.1 Å². The van der Waals surface area contributed by atoms with Crippen molar-refractivity contribution >= 4 is 5.82 Å². The highest BCUT2D eigenvalue weighted by Gasteiger charge is 2.06. The number of nitrogens with zero attached hydrogens (tertiary/aromatic N) is 2. The second-order valence-corrected chi connectivity index (χ2v) is 4.21. The normalized spacial score (nSPS) is 11.1. The van der Waals surface area contributed by atoms with Crippen molar-refractivity contribution in [3.05, 3.63) is 23.9 Å². The van der Waals surface area contributed by atoms with E-state index >= 15 is 0 Å². The monoisotopic (exact) mass is 253 g/mol. The van der Waals surface area contributed by atoms with E-state index in [2.05, 4.69) is 9.88 Å². The molecule has 0 aliphatic heterocycles. The molecular weight excluding hydrogens is 230 g/mol. The van der Waals surface area contributed by atoms with E-state index in [9.17, 15) is 0 Å². The van der Waals surface area contributed by atoms with Crippen LogP contribution in [0, 0.1) is 0 Å². The average molecular weight is 253 g/mol. The molecular formula is C13H23N3O2. The molecule has 0 radical (unpaired) electrons. The summed E-state index contributed by atoms with van der Waals surface area (Å²) in [4.78, 5) is 6.43. The molecule has 5 nitrogen and oxygen atoms in total. The number of methoxy groups -OCH3 is 2. The van der Waals surface area contributed by atoms with E-state index in [1.807, 2.05) is 18.3 Å². The molecule has 1 aromatic heterocycles. The van der Waals surface area contributed by atoms with E-state index in [1.165, 1.54) is 0 Å². The lowest BCUT2D eigenvalue weighted by molar-refractivity contribution is 0.129. The summed E-state index contributed by atoms with van der Waals surface area (Å²) in [5.41, 5.74) is 6.74. The molecule has 1 rings (SSSR count). The van der Waals surface area contributed by atoms with Crippen molar-refractivity contribution < 1.29 is 9.47 Å². The minimum atomic E-state index is 0.557. The van der Waals surface area contributed by atoms with E-state index in [1.54, 1.807) is 14.2 Å². The van der Waals surface area contributed by atoms with E-state index in [-0.39, 0.29) is 0 Å². The van der Waals surface area contributed by atoms with Crippen LogP contribution in [0.25, 0.3) is 0 Å². The van der Waals surface area contributed by atoms with Gasteiger partial charge in [-0.25, -0.2) is 4.98 Å². The Labute approximate surface area is 109 Å². The number of hydrogen-bond donors (Lipinski definition) is 1. The zero-order chi connectivity index (χ0) is 13.2. The molecule has 0 aromatic carbocycles. The Morgan fingerprint density at radius 3 is 2.56 bits per heavy atom. The number of rotatable bonds is 9. The fourth-order valence-electron chi connectivity index (χ4n) is 1.71. The lowest BCUT2D eigenvalue weighted by Crippen LogP contribution is -2.28. The molecule has 0 saturated heterocycles. The summed E-state index contributed by atoms with van der Waals surface area (Å²) in [5, 5.41) is 0. The molecule has 1 heterocycles. The van der Waals surface area contributed by atoms with Gasteiger partial charge in [-0.1, -0.05) is 6.07 Å². The first-order valence-electron chi connectivity index (χ1n) is 6.17. The van der Waals surface area contributed by atoms with Crippen LogP contribution in [-0.2, 0) is 16.0 Å². The van der Waals surface area contributed by atoms with Crippen LogP contribution in [0.1, 0.15) is 12.0 Å². The van der Waals surface area contributed by atoms with Crippen LogP contribution < -0.4 is 5.73 Å². The van der Waals surface area contributed by atoms with Crippen LogP contribution in [0.5, 0.6) is 0 Å². The third-order valence-electron chi connectivity index (χ3n) is 2.69. The molecule has 5 heteroatoms. The van der Waals surface area contributed by atoms with Crippen LogP contribution in [-0.4, -0.2) is 50.4 Å². The number of ether oxygens (including phenoxy) is 2. The van der Waals surface area contributed by atoms with Crippen LogP contribution in [0.3, 0.4) is 0 Å². The summed E-state index contributed by atoms with van der Waals surface area (Å²) in [6.07, 6.45) is 2.84. The van der Waals surface area contributed by atoms with Gasteiger partial charge in [-0.3, -0.25) is 4.90 Å². The van der Waals surface area contributed by atoms with E-state index in [0.717, 1.165) is 44.8 Å². The van der Waals surface area contributed by atoms with Gasteiger partial charge in [0.15, 0.2) is 0 Å². The van der Waals surface area contributed by atoms with Crippen molar-refractivity contribution in [1.29, 1.82) is 0 Å². The van der Waals surface area contributed by atoms with Gasteiger partial charge in [0.25, 0.3) is 0 Å². The Hall–Kier alpha value is -1.17. The minimum absolute atomic E-state index is 0.557. The first kappa shape index (κ1) is 14.9. The van der Waals surface area contributed by atoms with Crippen molar-refractivity contribution in [1.82, 2.24) is 9.88 Å². The molecule has 0 saturated carbocycles. The molecule has 0 atom stereocenters.